The SMILES string of the molecule is O=C(CCc1cccc(F)c1)Nc1ccc(N2CCN(Cc3ccccc3)CC2)cc1. The van der Waals surface area contributed by atoms with Gasteiger partial charge in [0.1, 0.15) is 5.82 Å². The molecule has 1 heterocycles. The first-order chi connectivity index (χ1) is 15.2. The van der Waals surface area contributed by atoms with E-state index in [2.05, 4.69) is 57.6 Å². The van der Waals surface area contributed by atoms with Crippen LogP contribution in [0.5, 0.6) is 0 Å². The number of hydrogen-bond acceptors (Lipinski definition) is 3. The molecule has 1 fully saturated rings. The molecule has 1 amide bonds. The lowest BCUT2D eigenvalue weighted by Crippen LogP contribution is -2.45. The van der Waals surface area contributed by atoms with Gasteiger partial charge in [-0.2, -0.15) is 0 Å². The lowest BCUT2D eigenvalue weighted by molar-refractivity contribution is -0.116. The summed E-state index contributed by atoms with van der Waals surface area (Å²) in [6, 6.07) is 25.0. The van der Waals surface area contributed by atoms with Crippen LogP contribution in [0, 0.1) is 5.82 Å². The number of piperazine rings is 1. The van der Waals surface area contributed by atoms with Crippen molar-refractivity contribution in [1.29, 1.82) is 0 Å². The highest BCUT2D eigenvalue weighted by Crippen LogP contribution is 2.20. The number of nitrogens with one attached hydrogen (secondary N) is 1. The summed E-state index contributed by atoms with van der Waals surface area (Å²) >= 11 is 0. The van der Waals surface area contributed by atoms with Crippen LogP contribution < -0.4 is 10.2 Å². The standard InChI is InChI=1S/C26H28FN3O/c27-23-8-4-7-21(19-23)9-14-26(31)28-24-10-12-25(13-11-24)30-17-15-29(16-18-30)20-22-5-2-1-3-6-22/h1-8,10-13,19H,9,14-18,20H2,(H,28,31). The number of halogens is 1. The molecule has 160 valence electrons. The number of carbonyl (C=O) groups excluding carboxylic acids is 1. The molecule has 3 aromatic rings. The van der Waals surface area contributed by atoms with Crippen LogP contribution in [0.15, 0.2) is 78.9 Å². The van der Waals surface area contributed by atoms with Crippen LogP contribution in [-0.4, -0.2) is 37.0 Å². The van der Waals surface area contributed by atoms with Crippen LogP contribution in [0.2, 0.25) is 0 Å². The van der Waals surface area contributed by atoms with Crippen LogP contribution >= 0.6 is 0 Å². The second-order valence-electron chi connectivity index (χ2n) is 7.97. The molecule has 1 aliphatic heterocycles. The molecule has 0 aliphatic carbocycles. The van der Waals surface area contributed by atoms with Gasteiger partial charge in [-0.1, -0.05) is 42.5 Å². The van der Waals surface area contributed by atoms with Gasteiger partial charge in [0.2, 0.25) is 5.91 Å². The predicted octanol–water partition coefficient (Wildman–Crippen LogP) is 4.72. The van der Waals surface area contributed by atoms with Gasteiger partial charge in [0.15, 0.2) is 0 Å². The Morgan fingerprint density at radius 3 is 2.26 bits per heavy atom. The van der Waals surface area contributed by atoms with E-state index in [0.717, 1.165) is 44.0 Å². The first kappa shape index (κ1) is 21.1. The predicted molar refractivity (Wildman–Crippen MR) is 124 cm³/mol. The number of aryl methyl sites for hydroxylation is 1. The van der Waals surface area contributed by atoms with E-state index in [0.29, 0.717) is 12.8 Å². The first-order valence-corrected chi connectivity index (χ1v) is 10.8. The highest BCUT2D eigenvalue weighted by Gasteiger charge is 2.17. The molecule has 1 N–H and O–H groups in total. The van der Waals surface area contributed by atoms with Crippen molar-refractivity contribution >= 4 is 17.3 Å². The summed E-state index contributed by atoms with van der Waals surface area (Å²) in [4.78, 5) is 17.1. The van der Waals surface area contributed by atoms with Crippen molar-refractivity contribution in [2.45, 2.75) is 19.4 Å². The van der Waals surface area contributed by atoms with E-state index in [-0.39, 0.29) is 11.7 Å². The van der Waals surface area contributed by atoms with Gasteiger partial charge in [0, 0.05) is 50.5 Å². The molecule has 4 nitrogen and oxygen atoms in total. The molecule has 0 aromatic heterocycles. The van der Waals surface area contributed by atoms with E-state index < -0.39 is 0 Å². The minimum Gasteiger partial charge on any atom is -0.369 e. The number of hydrogen-bond donors (Lipinski definition) is 1. The van der Waals surface area contributed by atoms with Gasteiger partial charge in [-0.15, -0.1) is 0 Å². The van der Waals surface area contributed by atoms with Crippen LogP contribution in [0.1, 0.15) is 17.5 Å². The normalized spacial score (nSPS) is 14.4. The summed E-state index contributed by atoms with van der Waals surface area (Å²) in [6.07, 6.45) is 0.851. The number of carbonyl (C=O) groups is 1. The number of rotatable bonds is 7. The molecule has 5 heteroatoms. The van der Waals surface area contributed by atoms with E-state index in [1.165, 1.54) is 23.4 Å². The van der Waals surface area contributed by atoms with Crippen LogP contribution in [0.3, 0.4) is 0 Å². The third kappa shape index (κ3) is 6.15. The molecule has 0 bridgehead atoms. The Morgan fingerprint density at radius 1 is 0.839 bits per heavy atom. The van der Waals surface area contributed by atoms with Crippen molar-refractivity contribution in [3.63, 3.8) is 0 Å². The van der Waals surface area contributed by atoms with Crippen molar-refractivity contribution < 1.29 is 9.18 Å². The third-order valence-corrected chi connectivity index (χ3v) is 5.67. The Morgan fingerprint density at radius 2 is 1.55 bits per heavy atom. The molecule has 0 atom stereocenters. The van der Waals surface area contributed by atoms with Crippen LogP contribution in [0.25, 0.3) is 0 Å². The lowest BCUT2D eigenvalue weighted by atomic mass is 10.1. The summed E-state index contributed by atoms with van der Waals surface area (Å²) in [6.45, 7) is 5.05. The molecule has 1 saturated heterocycles. The zero-order valence-corrected chi connectivity index (χ0v) is 17.6. The molecular weight excluding hydrogens is 389 g/mol. The Balaban J connectivity index is 1.23. The Bertz CT molecular complexity index is 983. The minimum atomic E-state index is -0.269. The van der Waals surface area contributed by atoms with Gasteiger partial charge < -0.3 is 10.2 Å². The van der Waals surface area contributed by atoms with E-state index in [4.69, 9.17) is 0 Å². The van der Waals surface area contributed by atoms with Crippen molar-refractivity contribution in [3.05, 3.63) is 95.8 Å². The van der Waals surface area contributed by atoms with Crippen molar-refractivity contribution in [2.75, 3.05) is 36.4 Å². The number of benzene rings is 3. The molecule has 31 heavy (non-hydrogen) atoms. The van der Waals surface area contributed by atoms with E-state index >= 15 is 0 Å². The van der Waals surface area contributed by atoms with Gasteiger partial charge in [-0.3, -0.25) is 9.69 Å². The maximum Gasteiger partial charge on any atom is 0.224 e. The van der Waals surface area contributed by atoms with Gasteiger partial charge in [0.05, 0.1) is 0 Å². The van der Waals surface area contributed by atoms with Gasteiger partial charge in [0.25, 0.3) is 0 Å². The van der Waals surface area contributed by atoms with Crippen LogP contribution in [-0.2, 0) is 17.8 Å². The van der Waals surface area contributed by atoms with E-state index in [9.17, 15) is 9.18 Å². The second-order valence-corrected chi connectivity index (χ2v) is 7.97. The van der Waals surface area contributed by atoms with Gasteiger partial charge >= 0.3 is 0 Å². The Hall–Kier alpha value is -3.18. The largest absolute Gasteiger partial charge is 0.369 e. The maximum absolute atomic E-state index is 13.2. The second kappa shape index (κ2) is 10.2. The van der Waals surface area contributed by atoms with Crippen molar-refractivity contribution in [1.82, 2.24) is 4.90 Å². The Kier molecular flexibility index (Phi) is 6.95. The third-order valence-electron chi connectivity index (χ3n) is 5.67. The monoisotopic (exact) mass is 417 g/mol. The molecule has 3 aromatic carbocycles. The molecular formula is C26H28FN3O. The molecule has 0 saturated carbocycles. The highest BCUT2D eigenvalue weighted by molar-refractivity contribution is 5.91. The minimum absolute atomic E-state index is 0.0634. The van der Waals surface area contributed by atoms with Crippen molar-refractivity contribution in [3.8, 4) is 0 Å². The summed E-state index contributed by atoms with van der Waals surface area (Å²) < 4.78 is 13.2. The average molecular weight is 418 g/mol. The van der Waals surface area contributed by atoms with Crippen molar-refractivity contribution in [2.24, 2.45) is 0 Å². The van der Waals surface area contributed by atoms with Crippen LogP contribution in [0.4, 0.5) is 15.8 Å². The quantitative estimate of drug-likeness (QED) is 0.604. The zero-order chi connectivity index (χ0) is 21.5. The van der Waals surface area contributed by atoms with Gasteiger partial charge in [-0.05, 0) is 53.9 Å². The summed E-state index contributed by atoms with van der Waals surface area (Å²) in [5.74, 6) is -0.332. The molecule has 1 aliphatic rings. The summed E-state index contributed by atoms with van der Waals surface area (Å²) in [7, 11) is 0. The summed E-state index contributed by atoms with van der Waals surface area (Å²) in [5.41, 5.74) is 4.15. The van der Waals surface area contributed by atoms with Gasteiger partial charge in [-0.25, -0.2) is 4.39 Å². The van der Waals surface area contributed by atoms with E-state index in [1.807, 2.05) is 18.2 Å². The maximum atomic E-state index is 13.2. The summed E-state index contributed by atoms with van der Waals surface area (Å²) in [5, 5.41) is 2.93. The average Bonchev–Trinajstić information content (AvgIpc) is 2.80. The topological polar surface area (TPSA) is 35.6 Å². The fourth-order valence-electron chi connectivity index (χ4n) is 3.94. The first-order valence-electron chi connectivity index (χ1n) is 10.8. The number of nitrogens with zero attached hydrogens (tertiary/aromatic N) is 2. The molecule has 4 rings (SSSR count). The molecule has 0 unspecified atom stereocenters. The smallest absolute Gasteiger partial charge is 0.224 e. The Labute approximate surface area is 183 Å². The highest BCUT2D eigenvalue weighted by atomic mass is 19.1. The molecule has 0 radical (unpaired) electrons. The zero-order valence-electron chi connectivity index (χ0n) is 17.6. The lowest BCUT2D eigenvalue weighted by Gasteiger charge is -2.36. The fraction of sp³-hybridized carbons (Fsp3) is 0.269. The molecule has 0 spiro atoms. The fourth-order valence-corrected chi connectivity index (χ4v) is 3.94. The number of anilines is 2. The van der Waals surface area contributed by atoms with E-state index in [1.54, 1.807) is 6.07 Å². The number of amides is 1.